The zero-order valence-electron chi connectivity index (χ0n) is 11.3. The summed E-state index contributed by atoms with van der Waals surface area (Å²) in [5.74, 6) is 0.0831. The van der Waals surface area contributed by atoms with Crippen molar-refractivity contribution in [3.05, 3.63) is 35.6 Å². The fourth-order valence-electron chi connectivity index (χ4n) is 2.47. The van der Waals surface area contributed by atoms with E-state index >= 15 is 0 Å². The highest BCUT2D eigenvalue weighted by Crippen LogP contribution is 2.31. The van der Waals surface area contributed by atoms with Crippen LogP contribution in [0.1, 0.15) is 5.56 Å². The Balaban J connectivity index is 1.74. The van der Waals surface area contributed by atoms with Gasteiger partial charge in [-0.1, -0.05) is 12.1 Å². The van der Waals surface area contributed by atoms with Gasteiger partial charge in [0.1, 0.15) is 22.5 Å². The number of hydrogen-bond acceptors (Lipinski definition) is 6. The Morgan fingerprint density at radius 2 is 1.86 bits per heavy atom. The zero-order valence-corrected chi connectivity index (χ0v) is 12.1. The van der Waals surface area contributed by atoms with Crippen LogP contribution in [0.5, 0.6) is 0 Å². The van der Waals surface area contributed by atoms with E-state index in [1.54, 1.807) is 12.1 Å². The average Bonchev–Trinajstić information content (AvgIpc) is 2.89. The second-order valence-corrected chi connectivity index (χ2v) is 5.54. The van der Waals surface area contributed by atoms with Crippen LogP contribution in [-0.2, 0) is 0 Å². The second-order valence-electron chi connectivity index (χ2n) is 4.79. The number of benzene rings is 1. The molecule has 2 aromatic rings. The number of anilines is 3. The molecule has 1 aliphatic rings. The molecule has 0 unspecified atom stereocenters. The molecule has 0 saturated carbocycles. The summed E-state index contributed by atoms with van der Waals surface area (Å²) < 4.78 is 17.8. The van der Waals surface area contributed by atoms with E-state index < -0.39 is 0 Å². The molecule has 0 bridgehead atoms. The number of halogens is 1. The van der Waals surface area contributed by atoms with Crippen molar-refractivity contribution < 1.29 is 4.39 Å². The van der Waals surface area contributed by atoms with Gasteiger partial charge in [0, 0.05) is 26.2 Å². The molecule has 5 nitrogen and oxygen atoms in total. The van der Waals surface area contributed by atoms with Crippen LogP contribution in [0.25, 0.3) is 0 Å². The molecule has 0 amide bonds. The average molecular weight is 303 g/mol. The van der Waals surface area contributed by atoms with Gasteiger partial charge in [-0.05, 0) is 23.7 Å². The number of rotatable bonds is 2. The molecule has 1 fully saturated rings. The second kappa shape index (κ2) is 5.58. The lowest BCUT2D eigenvalue weighted by Crippen LogP contribution is -2.46. The van der Waals surface area contributed by atoms with Gasteiger partial charge in [0.2, 0.25) is 0 Å². The molecule has 1 aliphatic heterocycles. The van der Waals surface area contributed by atoms with E-state index in [2.05, 4.69) is 15.3 Å². The van der Waals surface area contributed by atoms with Crippen molar-refractivity contribution in [2.24, 2.45) is 0 Å². The van der Waals surface area contributed by atoms with E-state index in [-0.39, 0.29) is 11.6 Å². The lowest BCUT2D eigenvalue weighted by molar-refractivity contribution is 0.599. The summed E-state index contributed by atoms with van der Waals surface area (Å²) in [6, 6.07) is 8.89. The van der Waals surface area contributed by atoms with E-state index in [1.165, 1.54) is 17.6 Å². The van der Waals surface area contributed by atoms with Gasteiger partial charge < -0.3 is 15.5 Å². The predicted molar refractivity (Wildman–Crippen MR) is 82.1 cm³/mol. The molecule has 0 aliphatic carbocycles. The molecule has 0 spiro atoms. The number of nitriles is 1. The number of nitrogens with zero attached hydrogens (tertiary/aromatic N) is 4. The predicted octanol–water partition coefficient (Wildman–Crippen LogP) is 2.06. The Bertz CT molecular complexity index is 685. The van der Waals surface area contributed by atoms with Gasteiger partial charge in [-0.3, -0.25) is 0 Å². The smallest absolute Gasteiger partial charge is 0.157 e. The van der Waals surface area contributed by atoms with Crippen LogP contribution in [0.15, 0.2) is 24.3 Å². The normalized spacial score (nSPS) is 15.0. The van der Waals surface area contributed by atoms with Gasteiger partial charge in [-0.15, -0.1) is 0 Å². The fraction of sp³-hybridized carbons (Fsp3) is 0.286. The molecule has 1 aromatic heterocycles. The standard InChI is InChI=1S/C14H14FN5S/c15-11-3-1-2-4-12(11)19-5-7-20(8-6-19)14-10(9-16)13(17)18-21-14/h1-4H,5-8H2,(H2,17,18). The Morgan fingerprint density at radius 3 is 2.52 bits per heavy atom. The highest BCUT2D eigenvalue weighted by atomic mass is 32.1. The largest absolute Gasteiger partial charge is 0.382 e. The summed E-state index contributed by atoms with van der Waals surface area (Å²) in [7, 11) is 0. The number of para-hydroxylation sites is 1. The molecule has 0 radical (unpaired) electrons. The van der Waals surface area contributed by atoms with Gasteiger partial charge in [-0.2, -0.15) is 9.64 Å². The molecular formula is C14H14FN5S. The van der Waals surface area contributed by atoms with Crippen LogP contribution in [0.3, 0.4) is 0 Å². The van der Waals surface area contributed by atoms with Crippen molar-refractivity contribution in [2.45, 2.75) is 0 Å². The van der Waals surface area contributed by atoms with Crippen molar-refractivity contribution in [3.63, 3.8) is 0 Å². The van der Waals surface area contributed by atoms with Crippen LogP contribution >= 0.6 is 11.5 Å². The first-order valence-electron chi connectivity index (χ1n) is 6.60. The van der Waals surface area contributed by atoms with Crippen molar-refractivity contribution >= 4 is 28.0 Å². The highest BCUT2D eigenvalue weighted by molar-refractivity contribution is 7.10. The number of nitrogen functional groups attached to an aromatic ring is 1. The summed E-state index contributed by atoms with van der Waals surface area (Å²) in [6.45, 7) is 2.82. The third-order valence-electron chi connectivity index (χ3n) is 3.57. The van der Waals surface area contributed by atoms with E-state index in [4.69, 9.17) is 11.0 Å². The lowest BCUT2D eigenvalue weighted by Gasteiger charge is -2.36. The molecule has 1 saturated heterocycles. The first-order valence-corrected chi connectivity index (χ1v) is 7.37. The molecule has 2 heterocycles. The topological polar surface area (TPSA) is 69.2 Å². The molecular weight excluding hydrogens is 289 g/mol. The number of aromatic nitrogens is 1. The molecule has 7 heteroatoms. The summed E-state index contributed by atoms with van der Waals surface area (Å²) in [5.41, 5.74) is 6.76. The molecule has 1 aromatic carbocycles. The van der Waals surface area contributed by atoms with Gasteiger partial charge in [-0.25, -0.2) is 4.39 Å². The first kappa shape index (κ1) is 13.6. The Labute approximate surface area is 126 Å². The summed E-state index contributed by atoms with van der Waals surface area (Å²) >= 11 is 1.24. The SMILES string of the molecule is N#Cc1c(N)nsc1N1CCN(c2ccccc2F)CC1. The minimum absolute atomic E-state index is 0.203. The maximum Gasteiger partial charge on any atom is 0.157 e. The number of piperazine rings is 1. The van der Waals surface area contributed by atoms with Gasteiger partial charge in [0.25, 0.3) is 0 Å². The Morgan fingerprint density at radius 1 is 1.19 bits per heavy atom. The zero-order chi connectivity index (χ0) is 14.8. The third-order valence-corrected chi connectivity index (χ3v) is 4.50. The van der Waals surface area contributed by atoms with Crippen LogP contribution in [0.2, 0.25) is 0 Å². The quantitative estimate of drug-likeness (QED) is 0.919. The van der Waals surface area contributed by atoms with Crippen LogP contribution in [-0.4, -0.2) is 30.6 Å². The highest BCUT2D eigenvalue weighted by Gasteiger charge is 2.23. The van der Waals surface area contributed by atoms with E-state index in [9.17, 15) is 4.39 Å². The minimum Gasteiger partial charge on any atom is -0.382 e. The summed E-state index contributed by atoms with van der Waals surface area (Å²) in [6.07, 6.45) is 0. The van der Waals surface area contributed by atoms with Gasteiger partial charge in [0.05, 0.1) is 5.69 Å². The summed E-state index contributed by atoms with van der Waals surface area (Å²) in [4.78, 5) is 4.10. The van der Waals surface area contributed by atoms with Gasteiger partial charge >= 0.3 is 0 Å². The molecule has 108 valence electrons. The number of nitrogens with two attached hydrogens (primary N) is 1. The van der Waals surface area contributed by atoms with Crippen LogP contribution < -0.4 is 15.5 Å². The Hall–Kier alpha value is -2.33. The number of hydrogen-bond donors (Lipinski definition) is 1. The van der Waals surface area contributed by atoms with E-state index in [0.29, 0.717) is 37.4 Å². The fourth-order valence-corrected chi connectivity index (χ4v) is 3.29. The maximum absolute atomic E-state index is 13.8. The van der Waals surface area contributed by atoms with E-state index in [0.717, 1.165) is 5.00 Å². The van der Waals surface area contributed by atoms with Crippen molar-refractivity contribution in [1.29, 1.82) is 5.26 Å². The van der Waals surface area contributed by atoms with Crippen molar-refractivity contribution in [1.82, 2.24) is 4.37 Å². The molecule has 21 heavy (non-hydrogen) atoms. The molecule has 0 atom stereocenters. The Kier molecular flexibility index (Phi) is 3.62. The van der Waals surface area contributed by atoms with Crippen molar-refractivity contribution in [3.8, 4) is 6.07 Å². The third kappa shape index (κ3) is 2.50. The summed E-state index contributed by atoms with van der Waals surface area (Å²) in [5, 5.41) is 9.94. The maximum atomic E-state index is 13.8. The molecule has 3 rings (SSSR count). The van der Waals surface area contributed by atoms with Gasteiger partial charge in [0.15, 0.2) is 5.82 Å². The van der Waals surface area contributed by atoms with Crippen molar-refractivity contribution in [2.75, 3.05) is 41.7 Å². The monoisotopic (exact) mass is 303 g/mol. The minimum atomic E-state index is -0.203. The van der Waals surface area contributed by atoms with Crippen LogP contribution in [0.4, 0.5) is 20.9 Å². The van der Waals surface area contributed by atoms with Crippen LogP contribution in [0, 0.1) is 17.1 Å². The first-order chi connectivity index (χ1) is 10.2. The van der Waals surface area contributed by atoms with E-state index in [1.807, 2.05) is 11.0 Å². The lowest BCUT2D eigenvalue weighted by atomic mass is 10.2. The molecule has 2 N–H and O–H groups in total.